The highest BCUT2D eigenvalue weighted by Crippen LogP contribution is 2.30. The van der Waals surface area contributed by atoms with Gasteiger partial charge in [0.25, 0.3) is 0 Å². The van der Waals surface area contributed by atoms with Gasteiger partial charge in [-0.1, -0.05) is 0 Å². The SMILES string of the molecule is COC(=O)c1cc2n(n1)CCCN(C(=O)[C@H]1CCOC(C)(C)C1)C2. The highest BCUT2D eigenvalue weighted by atomic mass is 16.5. The fraction of sp³-hybridized carbons (Fsp3) is 0.706. The lowest BCUT2D eigenvalue weighted by Gasteiger charge is -2.36. The molecule has 0 aliphatic carbocycles. The minimum atomic E-state index is -0.445. The molecule has 0 bridgehead atoms. The number of fused-ring (bicyclic) bond motifs is 1. The molecule has 3 heterocycles. The Morgan fingerprint density at radius 2 is 2.17 bits per heavy atom. The molecule has 132 valence electrons. The van der Waals surface area contributed by atoms with Crippen LogP contribution in [0, 0.1) is 5.92 Å². The molecule has 1 atom stereocenters. The van der Waals surface area contributed by atoms with Crippen molar-refractivity contribution < 1.29 is 19.1 Å². The largest absolute Gasteiger partial charge is 0.464 e. The van der Waals surface area contributed by atoms with Gasteiger partial charge >= 0.3 is 5.97 Å². The van der Waals surface area contributed by atoms with Crippen molar-refractivity contribution in [3.05, 3.63) is 17.5 Å². The van der Waals surface area contributed by atoms with E-state index >= 15 is 0 Å². The molecule has 7 heteroatoms. The molecule has 0 radical (unpaired) electrons. The molecule has 1 amide bonds. The number of methoxy groups -OCH3 is 1. The molecule has 0 saturated carbocycles. The lowest BCUT2D eigenvalue weighted by Crippen LogP contribution is -2.43. The van der Waals surface area contributed by atoms with E-state index in [1.165, 1.54) is 7.11 Å². The Morgan fingerprint density at radius 1 is 1.38 bits per heavy atom. The molecule has 7 nitrogen and oxygen atoms in total. The van der Waals surface area contributed by atoms with Crippen molar-refractivity contribution in [2.45, 2.75) is 51.8 Å². The summed E-state index contributed by atoms with van der Waals surface area (Å²) in [4.78, 5) is 26.5. The average molecular weight is 335 g/mol. The van der Waals surface area contributed by atoms with Crippen LogP contribution in [0.2, 0.25) is 0 Å². The minimum Gasteiger partial charge on any atom is -0.464 e. The van der Waals surface area contributed by atoms with Crippen molar-refractivity contribution >= 4 is 11.9 Å². The highest BCUT2D eigenvalue weighted by molar-refractivity contribution is 5.87. The van der Waals surface area contributed by atoms with Gasteiger partial charge in [-0.15, -0.1) is 0 Å². The third kappa shape index (κ3) is 3.45. The molecule has 3 rings (SSSR count). The van der Waals surface area contributed by atoms with Crippen molar-refractivity contribution in [1.29, 1.82) is 0 Å². The zero-order valence-electron chi connectivity index (χ0n) is 14.6. The highest BCUT2D eigenvalue weighted by Gasteiger charge is 2.35. The molecule has 0 spiro atoms. The zero-order valence-corrected chi connectivity index (χ0v) is 14.6. The Bertz CT molecular complexity index is 638. The standard InChI is InChI=1S/C17H25N3O4/c1-17(2)10-12(5-8-24-17)15(21)19-6-4-7-20-13(11-19)9-14(18-20)16(22)23-3/h9,12H,4-8,10-11H2,1-3H3/t12-/m0/s1. The molecule has 1 fully saturated rings. The third-order valence-corrected chi connectivity index (χ3v) is 4.77. The van der Waals surface area contributed by atoms with Crippen molar-refractivity contribution in [1.82, 2.24) is 14.7 Å². The van der Waals surface area contributed by atoms with Crippen LogP contribution in [0.3, 0.4) is 0 Å². The Kier molecular flexibility index (Phi) is 4.62. The number of rotatable bonds is 2. The predicted molar refractivity (Wildman–Crippen MR) is 86.4 cm³/mol. The van der Waals surface area contributed by atoms with Crippen LogP contribution in [0.15, 0.2) is 6.07 Å². The first-order valence-corrected chi connectivity index (χ1v) is 8.47. The molecule has 0 N–H and O–H groups in total. The van der Waals surface area contributed by atoms with Gasteiger partial charge < -0.3 is 14.4 Å². The van der Waals surface area contributed by atoms with E-state index < -0.39 is 5.97 Å². The first-order valence-electron chi connectivity index (χ1n) is 8.47. The van der Waals surface area contributed by atoms with E-state index in [1.807, 2.05) is 23.4 Å². The number of carbonyl (C=O) groups is 2. The van der Waals surface area contributed by atoms with E-state index in [0.29, 0.717) is 31.9 Å². The fourth-order valence-electron chi connectivity index (χ4n) is 3.56. The normalized spacial score (nSPS) is 23.3. The van der Waals surface area contributed by atoms with Gasteiger partial charge in [0.15, 0.2) is 5.69 Å². The molecular formula is C17H25N3O4. The molecule has 2 aliphatic rings. The van der Waals surface area contributed by atoms with Crippen LogP contribution < -0.4 is 0 Å². The fourth-order valence-corrected chi connectivity index (χ4v) is 3.56. The van der Waals surface area contributed by atoms with E-state index in [0.717, 1.165) is 25.0 Å². The number of esters is 1. The maximum absolute atomic E-state index is 12.9. The zero-order chi connectivity index (χ0) is 17.3. The maximum atomic E-state index is 12.9. The van der Waals surface area contributed by atoms with E-state index in [1.54, 1.807) is 6.07 Å². The number of ether oxygens (including phenoxy) is 2. The summed E-state index contributed by atoms with van der Waals surface area (Å²) in [5.74, 6) is -0.261. The summed E-state index contributed by atoms with van der Waals surface area (Å²) in [6.45, 7) is 6.60. The summed E-state index contributed by atoms with van der Waals surface area (Å²) in [6.07, 6.45) is 2.34. The van der Waals surface area contributed by atoms with Crippen LogP contribution in [0.4, 0.5) is 0 Å². The molecule has 24 heavy (non-hydrogen) atoms. The summed E-state index contributed by atoms with van der Waals surface area (Å²) in [5.41, 5.74) is 0.936. The van der Waals surface area contributed by atoms with E-state index in [9.17, 15) is 9.59 Å². The Labute approximate surface area is 141 Å². The van der Waals surface area contributed by atoms with Crippen molar-refractivity contribution in [2.24, 2.45) is 5.92 Å². The second-order valence-electron chi connectivity index (χ2n) is 7.15. The van der Waals surface area contributed by atoms with Crippen molar-refractivity contribution in [2.75, 3.05) is 20.3 Å². The van der Waals surface area contributed by atoms with Crippen LogP contribution in [0.1, 0.15) is 49.3 Å². The summed E-state index contributed by atoms with van der Waals surface area (Å²) in [5, 5.41) is 4.30. The lowest BCUT2D eigenvalue weighted by molar-refractivity contribution is -0.146. The monoisotopic (exact) mass is 335 g/mol. The van der Waals surface area contributed by atoms with Crippen LogP contribution in [0.5, 0.6) is 0 Å². The number of hydrogen-bond donors (Lipinski definition) is 0. The second kappa shape index (κ2) is 6.55. The van der Waals surface area contributed by atoms with Gasteiger partial charge in [0.1, 0.15) is 0 Å². The number of nitrogens with zero attached hydrogens (tertiary/aromatic N) is 3. The van der Waals surface area contributed by atoms with Gasteiger partial charge in [0.2, 0.25) is 5.91 Å². The smallest absolute Gasteiger partial charge is 0.358 e. The first-order chi connectivity index (χ1) is 11.4. The number of carbonyl (C=O) groups excluding carboxylic acids is 2. The summed E-state index contributed by atoms with van der Waals surface area (Å²) in [6, 6.07) is 1.73. The van der Waals surface area contributed by atoms with Gasteiger partial charge in [-0.2, -0.15) is 5.10 Å². The van der Waals surface area contributed by atoms with Gasteiger partial charge in [0.05, 0.1) is 24.9 Å². The topological polar surface area (TPSA) is 73.7 Å². The first kappa shape index (κ1) is 17.0. The molecular weight excluding hydrogens is 310 g/mol. The van der Waals surface area contributed by atoms with Gasteiger partial charge in [0, 0.05) is 25.6 Å². The lowest BCUT2D eigenvalue weighted by atomic mass is 9.87. The molecule has 1 aromatic rings. The quantitative estimate of drug-likeness (QED) is 0.768. The van der Waals surface area contributed by atoms with Gasteiger partial charge in [-0.25, -0.2) is 4.79 Å². The number of hydrogen-bond acceptors (Lipinski definition) is 5. The Hall–Kier alpha value is -1.89. The van der Waals surface area contributed by atoms with Crippen LogP contribution in [-0.2, 0) is 27.4 Å². The van der Waals surface area contributed by atoms with E-state index in [4.69, 9.17) is 9.47 Å². The van der Waals surface area contributed by atoms with Crippen LogP contribution >= 0.6 is 0 Å². The molecule has 1 aromatic heterocycles. The van der Waals surface area contributed by atoms with Crippen LogP contribution in [0.25, 0.3) is 0 Å². The number of aromatic nitrogens is 2. The van der Waals surface area contributed by atoms with E-state index in [2.05, 4.69) is 5.10 Å². The minimum absolute atomic E-state index is 0.00305. The molecule has 0 unspecified atom stereocenters. The van der Waals surface area contributed by atoms with Crippen molar-refractivity contribution in [3.63, 3.8) is 0 Å². The van der Waals surface area contributed by atoms with Crippen molar-refractivity contribution in [3.8, 4) is 0 Å². The molecule has 1 saturated heterocycles. The molecule has 2 aliphatic heterocycles. The Balaban J connectivity index is 1.74. The maximum Gasteiger partial charge on any atom is 0.358 e. The molecule has 0 aromatic carbocycles. The summed E-state index contributed by atoms with van der Waals surface area (Å²) < 4.78 is 12.3. The average Bonchev–Trinajstić information content (AvgIpc) is 2.84. The second-order valence-corrected chi connectivity index (χ2v) is 7.15. The van der Waals surface area contributed by atoms with E-state index in [-0.39, 0.29) is 17.4 Å². The summed E-state index contributed by atoms with van der Waals surface area (Å²) in [7, 11) is 1.34. The Morgan fingerprint density at radius 3 is 2.88 bits per heavy atom. The van der Waals surface area contributed by atoms with Gasteiger partial charge in [-0.3, -0.25) is 9.48 Å². The number of amides is 1. The third-order valence-electron chi connectivity index (χ3n) is 4.77. The predicted octanol–water partition coefficient (Wildman–Crippen LogP) is 1.61. The number of aryl methyl sites for hydroxylation is 1. The summed E-state index contributed by atoms with van der Waals surface area (Å²) >= 11 is 0. The van der Waals surface area contributed by atoms with Crippen LogP contribution in [-0.4, -0.2) is 52.4 Å². The van der Waals surface area contributed by atoms with Gasteiger partial charge in [-0.05, 0) is 39.2 Å².